The van der Waals surface area contributed by atoms with Crippen LogP contribution in [0.25, 0.3) is 0 Å². The van der Waals surface area contributed by atoms with Gasteiger partial charge >= 0.3 is 0 Å². The zero-order chi connectivity index (χ0) is 16.5. The highest BCUT2D eigenvalue weighted by atomic mass is 35.5. The third-order valence-corrected chi connectivity index (χ3v) is 5.65. The Bertz CT molecular complexity index is 649. The van der Waals surface area contributed by atoms with Crippen molar-refractivity contribution in [3.8, 4) is 0 Å². The number of sulfonamides is 1. The average Bonchev–Trinajstić information content (AvgIpc) is 2.84. The number of amides is 1. The minimum Gasteiger partial charge on any atom is -0.448 e. The van der Waals surface area contributed by atoms with E-state index in [1.54, 1.807) is 6.92 Å². The molecule has 7 nitrogen and oxygen atoms in total. The number of nitrogens with two attached hydrogens (primary N) is 1. The third-order valence-electron chi connectivity index (χ3n) is 3.98. The second-order valence-electron chi connectivity index (χ2n) is 5.91. The molecule has 1 fully saturated rings. The van der Waals surface area contributed by atoms with Gasteiger partial charge in [0.05, 0.1) is 5.56 Å². The van der Waals surface area contributed by atoms with Crippen LogP contribution in [0.5, 0.6) is 0 Å². The Kier molecular flexibility index (Phi) is 6.64. The van der Waals surface area contributed by atoms with Crippen LogP contribution >= 0.6 is 12.4 Å². The van der Waals surface area contributed by atoms with Crippen LogP contribution < -0.4 is 11.1 Å². The molecule has 1 aromatic rings. The molecule has 0 atom stereocenters. The van der Waals surface area contributed by atoms with Crippen LogP contribution in [0.3, 0.4) is 0 Å². The summed E-state index contributed by atoms with van der Waals surface area (Å²) in [5, 5.41) is 2.71. The number of carbonyl (C=O) groups is 1. The molecule has 0 aliphatic heterocycles. The molecule has 132 valence electrons. The van der Waals surface area contributed by atoms with Crippen LogP contribution in [0.15, 0.2) is 15.6 Å². The first kappa shape index (κ1) is 20.0. The molecule has 0 aromatic carbocycles. The van der Waals surface area contributed by atoms with Crippen LogP contribution in [-0.2, 0) is 10.0 Å². The summed E-state index contributed by atoms with van der Waals surface area (Å²) in [4.78, 5) is 12.3. The Morgan fingerprint density at radius 3 is 2.39 bits per heavy atom. The molecule has 0 saturated heterocycles. The first-order chi connectivity index (χ1) is 10.2. The maximum Gasteiger partial charge on any atom is 0.275 e. The number of hydrogen-bond donors (Lipinski definition) is 2. The van der Waals surface area contributed by atoms with Gasteiger partial charge in [-0.1, -0.05) is 0 Å². The van der Waals surface area contributed by atoms with E-state index >= 15 is 0 Å². The molecular weight excluding hydrogens is 342 g/mol. The Morgan fingerprint density at radius 2 is 1.87 bits per heavy atom. The molecule has 0 spiro atoms. The standard InChI is InChI=1S/C14H23N3O4S.ClH/c1-9-12(8-13(21-9)22(19,20)17(2)3)14(18)16-11-6-4-10(15)5-7-11;/h8,10-11H,4-7,15H2,1-3H3,(H,16,18);1H. The lowest BCUT2D eigenvalue weighted by atomic mass is 9.91. The lowest BCUT2D eigenvalue weighted by molar-refractivity contribution is 0.0924. The van der Waals surface area contributed by atoms with Gasteiger partial charge in [0.15, 0.2) is 0 Å². The van der Waals surface area contributed by atoms with E-state index in [1.165, 1.54) is 20.2 Å². The van der Waals surface area contributed by atoms with Crippen molar-refractivity contribution in [2.75, 3.05) is 14.1 Å². The van der Waals surface area contributed by atoms with Crippen molar-refractivity contribution in [3.63, 3.8) is 0 Å². The van der Waals surface area contributed by atoms with Gasteiger partial charge in [-0.05, 0) is 32.6 Å². The summed E-state index contributed by atoms with van der Waals surface area (Å²) in [6.45, 7) is 1.58. The number of furan rings is 1. The predicted octanol–water partition coefficient (Wildman–Crippen LogP) is 1.26. The van der Waals surface area contributed by atoms with E-state index in [2.05, 4.69) is 5.32 Å². The largest absolute Gasteiger partial charge is 0.448 e. The quantitative estimate of drug-likeness (QED) is 0.835. The first-order valence-corrected chi connectivity index (χ1v) is 8.75. The molecule has 2 rings (SSSR count). The molecule has 3 N–H and O–H groups in total. The van der Waals surface area contributed by atoms with E-state index in [0.29, 0.717) is 5.76 Å². The third kappa shape index (κ3) is 4.47. The van der Waals surface area contributed by atoms with Crippen molar-refractivity contribution >= 4 is 28.3 Å². The van der Waals surface area contributed by atoms with Gasteiger partial charge in [0, 0.05) is 32.2 Å². The van der Waals surface area contributed by atoms with Crippen LogP contribution in [0.2, 0.25) is 0 Å². The van der Waals surface area contributed by atoms with Gasteiger partial charge in [-0.3, -0.25) is 4.79 Å². The SMILES string of the molecule is Cc1oc(S(=O)(=O)N(C)C)cc1C(=O)NC1CCC(N)CC1.Cl. The number of halogens is 1. The Morgan fingerprint density at radius 1 is 1.30 bits per heavy atom. The molecule has 23 heavy (non-hydrogen) atoms. The monoisotopic (exact) mass is 365 g/mol. The Labute approximate surface area is 143 Å². The van der Waals surface area contributed by atoms with Gasteiger partial charge in [0.1, 0.15) is 5.76 Å². The number of aryl methyl sites for hydroxylation is 1. The Hall–Kier alpha value is -1.09. The molecule has 0 radical (unpaired) electrons. The molecule has 1 aromatic heterocycles. The molecular formula is C14H24ClN3O4S. The molecule has 9 heteroatoms. The summed E-state index contributed by atoms with van der Waals surface area (Å²) in [7, 11) is -0.853. The van der Waals surface area contributed by atoms with E-state index in [4.69, 9.17) is 10.2 Å². The lowest BCUT2D eigenvalue weighted by Crippen LogP contribution is -2.40. The summed E-state index contributed by atoms with van der Waals surface area (Å²) >= 11 is 0. The maximum atomic E-state index is 12.3. The van der Waals surface area contributed by atoms with Crippen LogP contribution in [0.1, 0.15) is 41.8 Å². The van der Waals surface area contributed by atoms with E-state index in [9.17, 15) is 13.2 Å². The number of nitrogens with one attached hydrogen (secondary N) is 1. The summed E-state index contributed by atoms with van der Waals surface area (Å²) in [5.41, 5.74) is 6.10. The molecule has 0 bridgehead atoms. The minimum absolute atomic E-state index is 0. The molecule has 1 aliphatic rings. The number of carbonyl (C=O) groups excluding carboxylic acids is 1. The van der Waals surface area contributed by atoms with Crippen molar-refractivity contribution in [2.45, 2.75) is 49.8 Å². The lowest BCUT2D eigenvalue weighted by Gasteiger charge is -2.26. The van der Waals surface area contributed by atoms with Crippen LogP contribution in [-0.4, -0.2) is 44.8 Å². The number of nitrogens with zero attached hydrogens (tertiary/aromatic N) is 1. The van der Waals surface area contributed by atoms with Crippen molar-refractivity contribution < 1.29 is 17.6 Å². The summed E-state index contributed by atoms with van der Waals surface area (Å²) in [6.07, 6.45) is 3.45. The topological polar surface area (TPSA) is 106 Å². The van der Waals surface area contributed by atoms with Crippen molar-refractivity contribution in [3.05, 3.63) is 17.4 Å². The van der Waals surface area contributed by atoms with Crippen LogP contribution in [0, 0.1) is 6.92 Å². The highest BCUT2D eigenvalue weighted by molar-refractivity contribution is 7.88. The van der Waals surface area contributed by atoms with Crippen molar-refractivity contribution in [1.82, 2.24) is 9.62 Å². The fourth-order valence-corrected chi connectivity index (χ4v) is 3.37. The predicted molar refractivity (Wildman–Crippen MR) is 89.3 cm³/mol. The first-order valence-electron chi connectivity index (χ1n) is 7.31. The zero-order valence-electron chi connectivity index (χ0n) is 13.5. The number of rotatable bonds is 4. The van der Waals surface area contributed by atoms with Gasteiger partial charge in [-0.15, -0.1) is 12.4 Å². The Balaban J connectivity index is 0.00000264. The van der Waals surface area contributed by atoms with Gasteiger partial charge < -0.3 is 15.5 Å². The van der Waals surface area contributed by atoms with E-state index in [0.717, 1.165) is 30.0 Å². The van der Waals surface area contributed by atoms with E-state index in [-0.39, 0.29) is 41.1 Å². The highest BCUT2D eigenvalue weighted by Crippen LogP contribution is 2.22. The normalized spacial score (nSPS) is 21.8. The second kappa shape index (κ2) is 7.65. The smallest absolute Gasteiger partial charge is 0.275 e. The van der Waals surface area contributed by atoms with E-state index < -0.39 is 10.0 Å². The molecule has 1 heterocycles. The molecule has 1 saturated carbocycles. The fourth-order valence-electron chi connectivity index (χ4n) is 2.51. The van der Waals surface area contributed by atoms with Gasteiger partial charge in [-0.25, -0.2) is 12.7 Å². The average molecular weight is 366 g/mol. The van der Waals surface area contributed by atoms with Gasteiger partial charge in [-0.2, -0.15) is 0 Å². The van der Waals surface area contributed by atoms with Crippen LogP contribution in [0.4, 0.5) is 0 Å². The van der Waals surface area contributed by atoms with E-state index in [1.807, 2.05) is 0 Å². The molecule has 1 amide bonds. The maximum absolute atomic E-state index is 12.3. The van der Waals surface area contributed by atoms with Gasteiger partial charge in [0.2, 0.25) is 5.09 Å². The molecule has 0 unspecified atom stereocenters. The highest BCUT2D eigenvalue weighted by Gasteiger charge is 2.27. The van der Waals surface area contributed by atoms with Crippen molar-refractivity contribution in [2.24, 2.45) is 5.73 Å². The summed E-state index contributed by atoms with van der Waals surface area (Å²) < 4.78 is 30.4. The zero-order valence-corrected chi connectivity index (χ0v) is 15.2. The van der Waals surface area contributed by atoms with Gasteiger partial charge in [0.25, 0.3) is 15.9 Å². The number of hydrogen-bond acceptors (Lipinski definition) is 5. The van der Waals surface area contributed by atoms with Crippen molar-refractivity contribution in [1.29, 1.82) is 0 Å². The summed E-state index contributed by atoms with van der Waals surface area (Å²) in [5.74, 6) is -0.00707. The summed E-state index contributed by atoms with van der Waals surface area (Å²) in [6, 6.07) is 1.57. The molecule has 1 aliphatic carbocycles. The fraction of sp³-hybridized carbons (Fsp3) is 0.643. The minimum atomic E-state index is -3.68. The second-order valence-corrected chi connectivity index (χ2v) is 7.99.